The van der Waals surface area contributed by atoms with Gasteiger partial charge in [-0.1, -0.05) is 25.3 Å². The normalized spacial score (nSPS) is 18.0. The van der Waals surface area contributed by atoms with Crippen LogP contribution in [0, 0.1) is 6.92 Å². The molecule has 0 saturated heterocycles. The van der Waals surface area contributed by atoms with Gasteiger partial charge >= 0.3 is 5.97 Å². The number of ether oxygens (including phenoxy) is 1. The molecule has 104 valence electrons. The predicted octanol–water partition coefficient (Wildman–Crippen LogP) is 2.77. The smallest absolute Gasteiger partial charge is 0.335 e. The molecule has 1 saturated carbocycles. The van der Waals surface area contributed by atoms with Crippen molar-refractivity contribution in [3.63, 3.8) is 0 Å². The van der Waals surface area contributed by atoms with Gasteiger partial charge in [-0.05, 0) is 37.5 Å². The number of aryl methyl sites for hydroxylation is 1. The van der Waals surface area contributed by atoms with E-state index in [0.29, 0.717) is 5.75 Å². The molecular weight excluding hydrogens is 244 g/mol. The molecule has 2 N–H and O–H groups in total. The number of carbonyl (C=O) groups is 1. The first kappa shape index (κ1) is 13.9. The van der Waals surface area contributed by atoms with Gasteiger partial charge in [0.15, 0.2) is 0 Å². The zero-order valence-electron chi connectivity index (χ0n) is 11.2. The van der Waals surface area contributed by atoms with Gasteiger partial charge in [0, 0.05) is 0 Å². The Morgan fingerprint density at radius 2 is 2.00 bits per heavy atom. The van der Waals surface area contributed by atoms with E-state index in [4.69, 9.17) is 9.84 Å². The minimum absolute atomic E-state index is 0.205. The van der Waals surface area contributed by atoms with Crippen LogP contribution < -0.4 is 4.74 Å². The maximum atomic E-state index is 10.9. The van der Waals surface area contributed by atoms with Crippen LogP contribution in [0.15, 0.2) is 18.2 Å². The average molecular weight is 264 g/mol. The van der Waals surface area contributed by atoms with Gasteiger partial charge in [0.25, 0.3) is 0 Å². The fourth-order valence-corrected chi connectivity index (χ4v) is 2.45. The molecule has 0 aromatic heterocycles. The van der Waals surface area contributed by atoms with Gasteiger partial charge in [0.05, 0.1) is 11.2 Å². The Labute approximate surface area is 113 Å². The molecule has 4 nitrogen and oxygen atoms in total. The van der Waals surface area contributed by atoms with Gasteiger partial charge < -0.3 is 14.9 Å². The zero-order chi connectivity index (χ0) is 13.9. The Balaban J connectivity index is 2.06. The summed E-state index contributed by atoms with van der Waals surface area (Å²) in [6.45, 7) is 2.10. The van der Waals surface area contributed by atoms with Crippen LogP contribution in [-0.2, 0) is 0 Å². The summed E-state index contributed by atoms with van der Waals surface area (Å²) < 4.78 is 5.66. The molecular formula is C15H20O4. The van der Waals surface area contributed by atoms with Crippen LogP contribution >= 0.6 is 0 Å². The van der Waals surface area contributed by atoms with E-state index in [9.17, 15) is 9.90 Å². The van der Waals surface area contributed by atoms with E-state index in [1.807, 2.05) is 6.92 Å². The van der Waals surface area contributed by atoms with Gasteiger partial charge in [0.2, 0.25) is 0 Å². The highest BCUT2D eigenvalue weighted by Crippen LogP contribution is 2.29. The predicted molar refractivity (Wildman–Crippen MR) is 71.7 cm³/mol. The van der Waals surface area contributed by atoms with Crippen molar-refractivity contribution < 1.29 is 19.7 Å². The molecule has 1 aliphatic rings. The van der Waals surface area contributed by atoms with Crippen LogP contribution in [0.4, 0.5) is 0 Å². The van der Waals surface area contributed by atoms with E-state index in [0.717, 1.165) is 37.7 Å². The SMILES string of the molecule is Cc1ccc(C(=O)O)cc1OCC1(O)CCCCC1. The van der Waals surface area contributed by atoms with Gasteiger partial charge in [-0.15, -0.1) is 0 Å². The van der Waals surface area contributed by atoms with Crippen LogP contribution in [0.25, 0.3) is 0 Å². The third kappa shape index (κ3) is 3.47. The topological polar surface area (TPSA) is 66.8 Å². The average Bonchev–Trinajstić information content (AvgIpc) is 2.38. The van der Waals surface area contributed by atoms with Crippen molar-refractivity contribution in [3.8, 4) is 5.75 Å². The van der Waals surface area contributed by atoms with Crippen LogP contribution in [0.2, 0.25) is 0 Å². The lowest BCUT2D eigenvalue weighted by Gasteiger charge is -2.31. The second kappa shape index (κ2) is 5.61. The summed E-state index contributed by atoms with van der Waals surface area (Å²) in [5.41, 5.74) is 0.324. The minimum Gasteiger partial charge on any atom is -0.490 e. The molecule has 0 atom stereocenters. The molecule has 19 heavy (non-hydrogen) atoms. The van der Waals surface area contributed by atoms with Gasteiger partial charge in [-0.3, -0.25) is 0 Å². The zero-order valence-corrected chi connectivity index (χ0v) is 11.2. The van der Waals surface area contributed by atoms with Crippen molar-refractivity contribution in [3.05, 3.63) is 29.3 Å². The number of hydrogen-bond acceptors (Lipinski definition) is 3. The van der Waals surface area contributed by atoms with E-state index in [1.54, 1.807) is 12.1 Å². The Morgan fingerprint density at radius 1 is 1.32 bits per heavy atom. The molecule has 0 unspecified atom stereocenters. The number of hydrogen-bond donors (Lipinski definition) is 2. The molecule has 1 aromatic rings. The van der Waals surface area contributed by atoms with Crippen LogP contribution in [0.1, 0.15) is 48.0 Å². The summed E-state index contributed by atoms with van der Waals surface area (Å²) in [6, 6.07) is 4.80. The van der Waals surface area contributed by atoms with Crippen LogP contribution in [-0.4, -0.2) is 28.4 Å². The lowest BCUT2D eigenvalue weighted by molar-refractivity contribution is -0.0340. The fourth-order valence-electron chi connectivity index (χ4n) is 2.45. The first-order valence-corrected chi connectivity index (χ1v) is 6.69. The molecule has 0 radical (unpaired) electrons. The summed E-state index contributed by atoms with van der Waals surface area (Å²) in [7, 11) is 0. The van der Waals surface area contributed by atoms with E-state index in [2.05, 4.69) is 0 Å². The standard InChI is InChI=1S/C15H20O4/c1-11-5-6-12(14(16)17)9-13(11)19-10-15(18)7-3-2-4-8-15/h5-6,9,18H,2-4,7-8,10H2,1H3,(H,16,17). The van der Waals surface area contributed by atoms with Gasteiger partial charge in [-0.25, -0.2) is 4.79 Å². The van der Waals surface area contributed by atoms with Crippen molar-refractivity contribution in [2.24, 2.45) is 0 Å². The number of carboxylic acids is 1. The van der Waals surface area contributed by atoms with Crippen LogP contribution in [0.3, 0.4) is 0 Å². The molecule has 2 rings (SSSR count). The Morgan fingerprint density at radius 3 is 2.63 bits per heavy atom. The molecule has 1 aliphatic carbocycles. The summed E-state index contributed by atoms with van der Waals surface area (Å²) >= 11 is 0. The van der Waals surface area contributed by atoms with Crippen LogP contribution in [0.5, 0.6) is 5.75 Å². The Hall–Kier alpha value is -1.55. The molecule has 0 amide bonds. The maximum Gasteiger partial charge on any atom is 0.335 e. The summed E-state index contributed by atoms with van der Waals surface area (Å²) in [6.07, 6.45) is 4.72. The lowest BCUT2D eigenvalue weighted by atomic mass is 9.85. The minimum atomic E-state index is -0.971. The van der Waals surface area contributed by atoms with Crippen molar-refractivity contribution in [2.45, 2.75) is 44.6 Å². The second-order valence-electron chi connectivity index (χ2n) is 5.36. The number of carboxylic acid groups (broad SMARTS) is 1. The monoisotopic (exact) mass is 264 g/mol. The highest BCUT2D eigenvalue weighted by atomic mass is 16.5. The number of rotatable bonds is 4. The summed E-state index contributed by atoms with van der Waals surface area (Å²) in [5.74, 6) is -0.430. The van der Waals surface area contributed by atoms with E-state index >= 15 is 0 Å². The molecule has 0 spiro atoms. The van der Waals surface area contributed by atoms with Crippen molar-refractivity contribution in [1.29, 1.82) is 0 Å². The Bertz CT molecular complexity index is 461. The molecule has 0 aliphatic heterocycles. The number of benzene rings is 1. The number of aliphatic hydroxyl groups is 1. The summed E-state index contributed by atoms with van der Waals surface area (Å²) in [5, 5.41) is 19.3. The molecule has 1 aromatic carbocycles. The molecule has 4 heteroatoms. The van der Waals surface area contributed by atoms with Crippen molar-refractivity contribution in [1.82, 2.24) is 0 Å². The first-order chi connectivity index (χ1) is 9.00. The summed E-state index contributed by atoms with van der Waals surface area (Å²) in [4.78, 5) is 10.9. The molecule has 0 heterocycles. The van der Waals surface area contributed by atoms with E-state index in [1.165, 1.54) is 6.07 Å². The quantitative estimate of drug-likeness (QED) is 0.877. The second-order valence-corrected chi connectivity index (χ2v) is 5.36. The molecule has 0 bridgehead atoms. The number of aromatic carboxylic acids is 1. The van der Waals surface area contributed by atoms with Crippen molar-refractivity contribution in [2.75, 3.05) is 6.61 Å². The lowest BCUT2D eigenvalue weighted by Crippen LogP contribution is -2.38. The highest BCUT2D eigenvalue weighted by Gasteiger charge is 2.30. The first-order valence-electron chi connectivity index (χ1n) is 6.69. The van der Waals surface area contributed by atoms with Gasteiger partial charge in [0.1, 0.15) is 12.4 Å². The van der Waals surface area contributed by atoms with Crippen molar-refractivity contribution >= 4 is 5.97 Å². The Kier molecular flexibility index (Phi) is 4.10. The fraction of sp³-hybridized carbons (Fsp3) is 0.533. The van der Waals surface area contributed by atoms with Gasteiger partial charge in [-0.2, -0.15) is 0 Å². The molecule has 1 fully saturated rings. The van der Waals surface area contributed by atoms with E-state index in [-0.39, 0.29) is 12.2 Å². The van der Waals surface area contributed by atoms with E-state index < -0.39 is 11.6 Å². The third-order valence-corrected chi connectivity index (χ3v) is 3.72. The third-order valence-electron chi connectivity index (χ3n) is 3.72. The highest BCUT2D eigenvalue weighted by molar-refractivity contribution is 5.88. The largest absolute Gasteiger partial charge is 0.490 e. The maximum absolute atomic E-state index is 10.9.